The Morgan fingerprint density at radius 3 is 2.34 bits per heavy atom. The summed E-state index contributed by atoms with van der Waals surface area (Å²) in [6, 6.07) is 10.4. The van der Waals surface area contributed by atoms with Crippen molar-refractivity contribution in [1.29, 1.82) is 0 Å². The van der Waals surface area contributed by atoms with E-state index in [2.05, 4.69) is 9.97 Å². The second kappa shape index (κ2) is 8.14. The van der Waals surface area contributed by atoms with Gasteiger partial charge in [-0.15, -0.1) is 0 Å². The Morgan fingerprint density at radius 2 is 1.75 bits per heavy atom. The molecule has 0 aliphatic rings. The maximum absolute atomic E-state index is 13.5. The molecular formula is C22H20FN5O4. The number of carbonyl (C=O) groups is 1. The van der Waals surface area contributed by atoms with Gasteiger partial charge in [0.1, 0.15) is 11.3 Å². The van der Waals surface area contributed by atoms with Gasteiger partial charge in [-0.3, -0.25) is 9.36 Å². The second-order valence-corrected chi connectivity index (χ2v) is 6.84. The molecule has 0 atom stereocenters. The maximum Gasteiger partial charge on any atom is 0.335 e. The number of methoxy groups -OCH3 is 2. The molecule has 2 N–H and O–H groups in total. The number of nitrogens with two attached hydrogens (primary N) is 1. The lowest BCUT2D eigenvalue weighted by molar-refractivity contribution is 0.0997. The van der Waals surface area contributed by atoms with Crippen molar-refractivity contribution in [2.45, 2.75) is 13.5 Å². The van der Waals surface area contributed by atoms with Crippen LogP contribution in [-0.2, 0) is 6.54 Å². The van der Waals surface area contributed by atoms with Crippen LogP contribution in [-0.4, -0.2) is 39.2 Å². The first kappa shape index (κ1) is 21.0. The van der Waals surface area contributed by atoms with E-state index in [-0.39, 0.29) is 29.2 Å². The number of nitrogens with zero attached hydrogens (tertiary/aromatic N) is 4. The molecule has 1 amide bonds. The van der Waals surface area contributed by atoms with Gasteiger partial charge in [-0.2, -0.15) is 0 Å². The molecule has 0 fully saturated rings. The molecule has 2 heterocycles. The van der Waals surface area contributed by atoms with Gasteiger partial charge in [-0.1, -0.05) is 0 Å². The highest BCUT2D eigenvalue weighted by molar-refractivity contribution is 6.02. The van der Waals surface area contributed by atoms with E-state index in [9.17, 15) is 14.0 Å². The van der Waals surface area contributed by atoms with Crippen molar-refractivity contribution in [3.8, 4) is 28.6 Å². The molecule has 2 aromatic heterocycles. The van der Waals surface area contributed by atoms with Crippen molar-refractivity contribution >= 4 is 17.1 Å². The second-order valence-electron chi connectivity index (χ2n) is 6.84. The summed E-state index contributed by atoms with van der Waals surface area (Å²) in [5.41, 5.74) is 6.37. The number of carbonyl (C=O) groups excluding carboxylic acids is 1. The Morgan fingerprint density at radius 1 is 1.06 bits per heavy atom. The largest absolute Gasteiger partial charge is 0.493 e. The molecule has 0 aliphatic heterocycles. The molecular weight excluding hydrogens is 417 g/mol. The lowest BCUT2D eigenvalue weighted by Gasteiger charge is -2.10. The Hall–Kier alpha value is -4.21. The van der Waals surface area contributed by atoms with Crippen LogP contribution >= 0.6 is 0 Å². The van der Waals surface area contributed by atoms with Gasteiger partial charge in [0.2, 0.25) is 0 Å². The highest BCUT2D eigenvalue weighted by Crippen LogP contribution is 2.32. The van der Waals surface area contributed by atoms with Gasteiger partial charge in [-0.05, 0) is 49.4 Å². The molecule has 0 saturated heterocycles. The Labute approximate surface area is 181 Å². The lowest BCUT2D eigenvalue weighted by Crippen LogP contribution is -2.23. The molecule has 2 aromatic carbocycles. The zero-order valence-corrected chi connectivity index (χ0v) is 17.6. The van der Waals surface area contributed by atoms with Gasteiger partial charge in [-0.25, -0.2) is 23.7 Å². The average molecular weight is 437 g/mol. The average Bonchev–Trinajstić information content (AvgIpc) is 3.09. The summed E-state index contributed by atoms with van der Waals surface area (Å²) in [5, 5.41) is 0. The number of halogens is 1. The van der Waals surface area contributed by atoms with Crippen LogP contribution in [0, 0.1) is 5.82 Å². The molecule has 0 bridgehead atoms. The number of primary amides is 1. The molecule has 4 rings (SSSR count). The van der Waals surface area contributed by atoms with Crippen molar-refractivity contribution in [1.82, 2.24) is 19.1 Å². The van der Waals surface area contributed by atoms with Crippen LogP contribution in [0.1, 0.15) is 17.4 Å². The fraction of sp³-hybridized carbons (Fsp3) is 0.182. The maximum atomic E-state index is 13.5. The third-order valence-corrected chi connectivity index (χ3v) is 5.05. The van der Waals surface area contributed by atoms with Gasteiger partial charge >= 0.3 is 5.69 Å². The van der Waals surface area contributed by atoms with Gasteiger partial charge in [0, 0.05) is 12.1 Å². The van der Waals surface area contributed by atoms with Gasteiger partial charge in [0.05, 0.1) is 19.9 Å². The summed E-state index contributed by atoms with van der Waals surface area (Å²) in [6.07, 6.45) is 0. The lowest BCUT2D eigenvalue weighted by atomic mass is 10.1. The highest BCUT2D eigenvalue weighted by atomic mass is 19.1. The van der Waals surface area contributed by atoms with E-state index in [1.165, 1.54) is 47.6 Å². The monoisotopic (exact) mass is 437 g/mol. The SMILES string of the molecule is CCn1c(=O)n(-c2ccc(F)cc2)c2nc(-c3ccc(OC)c(OC)c3)nc(C(N)=O)c21. The third kappa shape index (κ3) is 3.35. The smallest absolute Gasteiger partial charge is 0.335 e. The number of benzene rings is 2. The molecule has 0 saturated carbocycles. The number of ether oxygens (including phenoxy) is 2. The Balaban J connectivity index is 2.08. The van der Waals surface area contributed by atoms with Crippen LogP contribution in [0.15, 0.2) is 47.3 Å². The van der Waals surface area contributed by atoms with E-state index in [1.54, 1.807) is 25.1 Å². The third-order valence-electron chi connectivity index (χ3n) is 5.05. The normalized spacial score (nSPS) is 11.0. The zero-order valence-electron chi connectivity index (χ0n) is 17.6. The fourth-order valence-electron chi connectivity index (χ4n) is 3.55. The molecule has 10 heteroatoms. The number of imidazole rings is 1. The first-order valence-electron chi connectivity index (χ1n) is 9.71. The molecule has 0 spiro atoms. The Kier molecular flexibility index (Phi) is 5.35. The van der Waals surface area contributed by atoms with Crippen molar-refractivity contribution in [3.05, 3.63) is 64.5 Å². The van der Waals surface area contributed by atoms with Gasteiger partial charge < -0.3 is 15.2 Å². The van der Waals surface area contributed by atoms with E-state index in [0.717, 1.165) is 0 Å². The predicted molar refractivity (Wildman–Crippen MR) is 116 cm³/mol. The van der Waals surface area contributed by atoms with Crippen LogP contribution in [0.2, 0.25) is 0 Å². The summed E-state index contributed by atoms with van der Waals surface area (Å²) in [6.45, 7) is 2.01. The topological polar surface area (TPSA) is 114 Å². The quantitative estimate of drug-likeness (QED) is 0.496. The predicted octanol–water partition coefficient (Wildman–Crippen LogP) is 2.52. The number of hydrogen-bond donors (Lipinski definition) is 1. The fourth-order valence-corrected chi connectivity index (χ4v) is 3.55. The summed E-state index contributed by atoms with van der Waals surface area (Å²) in [5.74, 6) is -0.141. The standard InChI is InChI=1S/C22H20FN5O4/c1-4-27-18-17(19(24)29)25-20(12-5-10-15(31-2)16(11-12)32-3)26-21(18)28(22(27)30)14-8-6-13(23)7-9-14/h5-11H,4H2,1-3H3,(H2,24,29). The van der Waals surface area contributed by atoms with Crippen molar-refractivity contribution in [3.63, 3.8) is 0 Å². The minimum absolute atomic E-state index is 0.0976. The zero-order chi connectivity index (χ0) is 23.0. The number of rotatable bonds is 6. The summed E-state index contributed by atoms with van der Waals surface area (Å²) >= 11 is 0. The Bertz CT molecular complexity index is 1390. The van der Waals surface area contributed by atoms with Crippen molar-refractivity contribution in [2.24, 2.45) is 5.73 Å². The van der Waals surface area contributed by atoms with Crippen molar-refractivity contribution < 1.29 is 18.7 Å². The molecule has 9 nitrogen and oxygen atoms in total. The first-order valence-corrected chi connectivity index (χ1v) is 9.71. The van der Waals surface area contributed by atoms with Gasteiger partial charge in [0.25, 0.3) is 5.91 Å². The van der Waals surface area contributed by atoms with Crippen LogP contribution < -0.4 is 20.9 Å². The summed E-state index contributed by atoms with van der Waals surface area (Å²) < 4.78 is 26.7. The van der Waals surface area contributed by atoms with E-state index in [1.807, 2.05) is 0 Å². The molecule has 0 unspecified atom stereocenters. The van der Waals surface area contributed by atoms with E-state index >= 15 is 0 Å². The van der Waals surface area contributed by atoms with Crippen LogP contribution in [0.3, 0.4) is 0 Å². The van der Waals surface area contributed by atoms with E-state index in [4.69, 9.17) is 15.2 Å². The molecule has 164 valence electrons. The molecule has 0 aliphatic carbocycles. The summed E-state index contributed by atoms with van der Waals surface area (Å²) in [7, 11) is 3.01. The summed E-state index contributed by atoms with van der Waals surface area (Å²) in [4.78, 5) is 34.4. The minimum Gasteiger partial charge on any atom is -0.493 e. The van der Waals surface area contributed by atoms with E-state index < -0.39 is 17.4 Å². The number of fused-ring (bicyclic) bond motifs is 1. The van der Waals surface area contributed by atoms with Crippen molar-refractivity contribution in [2.75, 3.05) is 14.2 Å². The van der Waals surface area contributed by atoms with Crippen LogP contribution in [0.4, 0.5) is 4.39 Å². The van der Waals surface area contributed by atoms with Gasteiger partial charge in [0.15, 0.2) is 28.7 Å². The highest BCUT2D eigenvalue weighted by Gasteiger charge is 2.24. The number of amides is 1. The van der Waals surface area contributed by atoms with Crippen LogP contribution in [0.5, 0.6) is 11.5 Å². The van der Waals surface area contributed by atoms with Crippen LogP contribution in [0.25, 0.3) is 28.2 Å². The first-order chi connectivity index (χ1) is 15.4. The minimum atomic E-state index is -0.808. The molecule has 0 radical (unpaired) electrons. The van der Waals surface area contributed by atoms with E-state index in [0.29, 0.717) is 22.7 Å². The number of hydrogen-bond acceptors (Lipinski definition) is 6. The molecule has 4 aromatic rings. The molecule has 32 heavy (non-hydrogen) atoms. The number of aromatic nitrogens is 4. The number of aryl methyl sites for hydroxylation is 1.